The number of hydrogen-bond acceptors (Lipinski definition) is 5. The number of hydrogen-bond donors (Lipinski definition) is 0. The van der Waals surface area contributed by atoms with Gasteiger partial charge in [-0.25, -0.2) is 0 Å². The van der Waals surface area contributed by atoms with E-state index in [-0.39, 0.29) is 6.04 Å². The third-order valence-corrected chi connectivity index (χ3v) is 4.87. The normalized spacial score (nSPS) is 16.5. The van der Waals surface area contributed by atoms with Crippen molar-refractivity contribution >= 4 is 23.2 Å². The smallest absolute Gasteiger partial charge is 0.178 e. The van der Waals surface area contributed by atoms with E-state index < -0.39 is 0 Å². The molecule has 0 spiro atoms. The molecule has 134 valence electrons. The highest BCUT2D eigenvalue weighted by atomic mass is 35.5. The fourth-order valence-electron chi connectivity index (χ4n) is 3.16. The zero-order valence-electron chi connectivity index (χ0n) is 13.9. The van der Waals surface area contributed by atoms with Gasteiger partial charge in [-0.1, -0.05) is 41.4 Å². The fraction of sp³-hybridized carbons (Fsp3) is 0.278. The molecule has 1 aliphatic rings. The Morgan fingerprint density at radius 2 is 1.73 bits per heavy atom. The van der Waals surface area contributed by atoms with Gasteiger partial charge in [0, 0.05) is 23.1 Å². The lowest BCUT2D eigenvalue weighted by molar-refractivity contribution is 0.0220. The summed E-state index contributed by atoms with van der Waals surface area (Å²) in [5.41, 5.74) is 1.90. The Labute approximate surface area is 161 Å². The van der Waals surface area contributed by atoms with Crippen LogP contribution in [0.15, 0.2) is 48.5 Å². The number of benzene rings is 2. The fourth-order valence-corrected chi connectivity index (χ4v) is 3.47. The topological polar surface area (TPSA) is 56.1 Å². The number of morpholine rings is 1. The number of tetrazole rings is 1. The minimum absolute atomic E-state index is 0.106. The summed E-state index contributed by atoms with van der Waals surface area (Å²) in [4.78, 5) is 2.32. The molecular weight excluding hydrogens is 373 g/mol. The van der Waals surface area contributed by atoms with Gasteiger partial charge in [0.05, 0.1) is 24.9 Å². The van der Waals surface area contributed by atoms with Gasteiger partial charge in [-0.05, 0) is 46.3 Å². The summed E-state index contributed by atoms with van der Waals surface area (Å²) in [6.07, 6.45) is 0. The molecule has 1 aliphatic heterocycles. The minimum atomic E-state index is -0.106. The van der Waals surface area contributed by atoms with Crippen LogP contribution in [0.2, 0.25) is 10.0 Å². The second kappa shape index (κ2) is 7.72. The summed E-state index contributed by atoms with van der Waals surface area (Å²) in [6.45, 7) is 2.97. The van der Waals surface area contributed by atoms with Crippen molar-refractivity contribution in [1.29, 1.82) is 0 Å². The molecule has 2 heterocycles. The van der Waals surface area contributed by atoms with Gasteiger partial charge >= 0.3 is 0 Å². The Morgan fingerprint density at radius 3 is 2.46 bits per heavy atom. The molecule has 8 heteroatoms. The quantitative estimate of drug-likeness (QED) is 0.684. The Hall–Kier alpha value is -1.99. The molecule has 0 unspecified atom stereocenters. The molecule has 1 fully saturated rings. The van der Waals surface area contributed by atoms with Gasteiger partial charge in [-0.15, -0.1) is 5.10 Å². The van der Waals surface area contributed by atoms with E-state index in [9.17, 15) is 0 Å². The lowest BCUT2D eigenvalue weighted by Gasteiger charge is -2.33. The molecule has 0 amide bonds. The molecule has 2 aromatic carbocycles. The van der Waals surface area contributed by atoms with Crippen molar-refractivity contribution in [3.63, 3.8) is 0 Å². The molecule has 0 bridgehead atoms. The second-order valence-corrected chi connectivity index (χ2v) is 6.90. The van der Waals surface area contributed by atoms with Crippen LogP contribution in [0.5, 0.6) is 0 Å². The van der Waals surface area contributed by atoms with Gasteiger partial charge in [0.15, 0.2) is 5.82 Å². The molecule has 0 aliphatic carbocycles. The van der Waals surface area contributed by atoms with Gasteiger partial charge in [-0.2, -0.15) is 4.68 Å². The zero-order valence-corrected chi connectivity index (χ0v) is 15.4. The first-order chi connectivity index (χ1) is 12.7. The first-order valence-electron chi connectivity index (χ1n) is 8.34. The Morgan fingerprint density at radius 1 is 0.962 bits per heavy atom. The Kier molecular flexibility index (Phi) is 5.17. The average Bonchev–Trinajstić information content (AvgIpc) is 3.14. The third-order valence-electron chi connectivity index (χ3n) is 4.39. The molecular formula is C18H17Cl2N5O. The Balaban J connectivity index is 1.79. The third kappa shape index (κ3) is 3.59. The molecule has 6 nitrogen and oxygen atoms in total. The summed E-state index contributed by atoms with van der Waals surface area (Å²) >= 11 is 12.2. The molecule has 1 saturated heterocycles. The lowest BCUT2D eigenvalue weighted by Crippen LogP contribution is -2.40. The van der Waals surface area contributed by atoms with Gasteiger partial charge in [0.2, 0.25) is 0 Å². The largest absolute Gasteiger partial charge is 0.379 e. The molecule has 1 aromatic heterocycles. The molecule has 1 atom stereocenters. The van der Waals surface area contributed by atoms with E-state index in [1.54, 1.807) is 4.68 Å². The van der Waals surface area contributed by atoms with E-state index >= 15 is 0 Å². The van der Waals surface area contributed by atoms with Crippen molar-refractivity contribution in [3.8, 4) is 5.69 Å². The van der Waals surface area contributed by atoms with Gasteiger partial charge in [0.1, 0.15) is 0 Å². The lowest BCUT2D eigenvalue weighted by atomic mass is 10.0. The molecule has 0 radical (unpaired) electrons. The summed E-state index contributed by atoms with van der Waals surface area (Å²) in [5.74, 6) is 0.733. The van der Waals surface area contributed by atoms with Crippen LogP contribution in [0, 0.1) is 0 Å². The van der Waals surface area contributed by atoms with E-state index in [2.05, 4.69) is 20.4 Å². The van der Waals surface area contributed by atoms with Crippen molar-refractivity contribution in [2.45, 2.75) is 6.04 Å². The standard InChI is InChI=1S/C18H17Cl2N5O/c19-14-6-4-13(5-7-14)17(24-8-10-26-11-9-24)18-21-22-23-25(18)16-3-1-2-15(20)12-16/h1-7,12,17H,8-11H2/t17-/m0/s1. The van der Waals surface area contributed by atoms with Crippen LogP contribution in [0.1, 0.15) is 17.4 Å². The molecule has 4 rings (SSSR count). The molecule has 0 N–H and O–H groups in total. The van der Waals surface area contributed by atoms with E-state index in [0.29, 0.717) is 23.3 Å². The number of nitrogens with zero attached hydrogens (tertiary/aromatic N) is 5. The van der Waals surface area contributed by atoms with Crippen molar-refractivity contribution in [3.05, 3.63) is 70.0 Å². The van der Waals surface area contributed by atoms with E-state index in [0.717, 1.165) is 30.2 Å². The van der Waals surface area contributed by atoms with Crippen LogP contribution in [0.4, 0.5) is 0 Å². The molecule has 0 saturated carbocycles. The van der Waals surface area contributed by atoms with Crippen LogP contribution in [-0.2, 0) is 4.74 Å². The predicted molar refractivity (Wildman–Crippen MR) is 99.9 cm³/mol. The van der Waals surface area contributed by atoms with Crippen LogP contribution < -0.4 is 0 Å². The number of aromatic nitrogens is 4. The highest BCUT2D eigenvalue weighted by Crippen LogP contribution is 2.30. The maximum absolute atomic E-state index is 6.15. The van der Waals surface area contributed by atoms with Crippen LogP contribution in [-0.4, -0.2) is 51.4 Å². The maximum atomic E-state index is 6.15. The second-order valence-electron chi connectivity index (χ2n) is 6.03. The SMILES string of the molecule is Clc1ccc([C@@H](c2nnnn2-c2cccc(Cl)c2)N2CCOCC2)cc1. The van der Waals surface area contributed by atoms with Gasteiger partial charge in [0.25, 0.3) is 0 Å². The zero-order chi connectivity index (χ0) is 17.9. The maximum Gasteiger partial charge on any atom is 0.178 e. The van der Waals surface area contributed by atoms with E-state index in [1.807, 2.05) is 48.5 Å². The Bertz CT molecular complexity index is 877. The summed E-state index contributed by atoms with van der Waals surface area (Å²) in [6, 6.07) is 15.2. The van der Waals surface area contributed by atoms with Crippen LogP contribution in [0.3, 0.4) is 0 Å². The van der Waals surface area contributed by atoms with Gasteiger partial charge < -0.3 is 4.74 Å². The minimum Gasteiger partial charge on any atom is -0.379 e. The van der Waals surface area contributed by atoms with Gasteiger partial charge in [-0.3, -0.25) is 4.90 Å². The number of ether oxygens (including phenoxy) is 1. The van der Waals surface area contributed by atoms with Crippen molar-refractivity contribution in [2.75, 3.05) is 26.3 Å². The van der Waals surface area contributed by atoms with Crippen molar-refractivity contribution in [1.82, 2.24) is 25.1 Å². The monoisotopic (exact) mass is 389 g/mol. The highest BCUT2D eigenvalue weighted by Gasteiger charge is 2.29. The summed E-state index contributed by atoms with van der Waals surface area (Å²) < 4.78 is 7.25. The van der Waals surface area contributed by atoms with Crippen molar-refractivity contribution in [2.24, 2.45) is 0 Å². The summed E-state index contributed by atoms with van der Waals surface area (Å²) in [7, 11) is 0. The molecule has 3 aromatic rings. The summed E-state index contributed by atoms with van der Waals surface area (Å²) in [5, 5.41) is 13.8. The number of rotatable bonds is 4. The van der Waals surface area contributed by atoms with E-state index in [1.165, 1.54) is 0 Å². The predicted octanol–water partition coefficient (Wildman–Crippen LogP) is 3.39. The first kappa shape index (κ1) is 17.4. The first-order valence-corrected chi connectivity index (χ1v) is 9.09. The average molecular weight is 390 g/mol. The number of halogens is 2. The van der Waals surface area contributed by atoms with Crippen molar-refractivity contribution < 1.29 is 4.74 Å². The molecule has 26 heavy (non-hydrogen) atoms. The van der Waals surface area contributed by atoms with Crippen LogP contribution >= 0.6 is 23.2 Å². The van der Waals surface area contributed by atoms with Crippen LogP contribution in [0.25, 0.3) is 5.69 Å². The highest BCUT2D eigenvalue weighted by molar-refractivity contribution is 6.30. The van der Waals surface area contributed by atoms with E-state index in [4.69, 9.17) is 27.9 Å².